The lowest BCUT2D eigenvalue weighted by Gasteiger charge is -2.23. The van der Waals surface area contributed by atoms with Crippen LogP contribution in [0.25, 0.3) is 0 Å². The van der Waals surface area contributed by atoms with Gasteiger partial charge in [0.25, 0.3) is 0 Å². The highest BCUT2D eigenvalue weighted by atomic mass is 16.5. The number of hydrogen-bond donors (Lipinski definition) is 2. The van der Waals surface area contributed by atoms with Crippen LogP contribution in [0.1, 0.15) is 32.1 Å². The first kappa shape index (κ1) is 10.2. The van der Waals surface area contributed by atoms with Crippen LogP contribution >= 0.6 is 0 Å². The fraction of sp³-hybridized carbons (Fsp3) is 0.545. The Morgan fingerprint density at radius 1 is 1.33 bits per heavy atom. The number of hydrazine groups is 1. The van der Waals surface area contributed by atoms with Crippen molar-refractivity contribution in [2.24, 2.45) is 5.84 Å². The molecule has 4 nitrogen and oxygen atoms in total. The van der Waals surface area contributed by atoms with Crippen molar-refractivity contribution in [2.75, 3.05) is 5.43 Å². The molecule has 0 aromatic carbocycles. The summed E-state index contributed by atoms with van der Waals surface area (Å²) in [5.41, 5.74) is 2.51. The number of anilines is 1. The van der Waals surface area contributed by atoms with Gasteiger partial charge in [-0.05, 0) is 31.7 Å². The highest BCUT2D eigenvalue weighted by molar-refractivity contribution is 5.39. The molecule has 15 heavy (non-hydrogen) atoms. The van der Waals surface area contributed by atoms with Gasteiger partial charge < -0.3 is 10.2 Å². The average Bonchev–Trinajstić information content (AvgIpc) is 2.31. The van der Waals surface area contributed by atoms with Crippen LogP contribution in [-0.2, 0) is 0 Å². The Kier molecular flexibility index (Phi) is 3.40. The van der Waals surface area contributed by atoms with Crippen molar-refractivity contribution >= 4 is 5.82 Å². The number of hydrogen-bond acceptors (Lipinski definition) is 4. The van der Waals surface area contributed by atoms with Crippen LogP contribution in [0.4, 0.5) is 5.82 Å². The molecule has 0 aliphatic heterocycles. The largest absolute Gasteiger partial charge is 0.490 e. The number of pyridine rings is 1. The molecule has 1 fully saturated rings. The van der Waals surface area contributed by atoms with Crippen molar-refractivity contribution in [2.45, 2.75) is 38.2 Å². The number of nitrogens with two attached hydrogens (primary N) is 1. The van der Waals surface area contributed by atoms with Gasteiger partial charge in [-0.15, -0.1) is 0 Å². The molecule has 0 spiro atoms. The van der Waals surface area contributed by atoms with Gasteiger partial charge in [0, 0.05) is 12.3 Å². The predicted octanol–water partition coefficient (Wildman–Crippen LogP) is 2.08. The number of aromatic nitrogens is 1. The summed E-state index contributed by atoms with van der Waals surface area (Å²) < 4.78 is 5.86. The first-order chi connectivity index (χ1) is 7.38. The van der Waals surface area contributed by atoms with E-state index in [1.54, 1.807) is 6.20 Å². The summed E-state index contributed by atoms with van der Waals surface area (Å²) in [5.74, 6) is 6.78. The van der Waals surface area contributed by atoms with E-state index in [-0.39, 0.29) is 0 Å². The summed E-state index contributed by atoms with van der Waals surface area (Å²) in [5, 5.41) is 0. The fourth-order valence-electron chi connectivity index (χ4n) is 1.94. The van der Waals surface area contributed by atoms with Gasteiger partial charge in [-0.2, -0.15) is 0 Å². The lowest BCUT2D eigenvalue weighted by molar-refractivity contribution is 0.155. The zero-order valence-electron chi connectivity index (χ0n) is 8.78. The van der Waals surface area contributed by atoms with Gasteiger partial charge in [-0.25, -0.2) is 10.8 Å². The van der Waals surface area contributed by atoms with Gasteiger partial charge in [-0.3, -0.25) is 0 Å². The van der Waals surface area contributed by atoms with Gasteiger partial charge in [0.1, 0.15) is 11.6 Å². The Labute approximate surface area is 89.8 Å². The van der Waals surface area contributed by atoms with Crippen molar-refractivity contribution < 1.29 is 4.74 Å². The van der Waals surface area contributed by atoms with E-state index >= 15 is 0 Å². The summed E-state index contributed by atoms with van der Waals surface area (Å²) in [6, 6.07) is 3.70. The van der Waals surface area contributed by atoms with Gasteiger partial charge in [0.15, 0.2) is 0 Å². The van der Waals surface area contributed by atoms with Crippen molar-refractivity contribution in [1.29, 1.82) is 0 Å². The number of nitrogen functional groups attached to an aromatic ring is 1. The monoisotopic (exact) mass is 207 g/mol. The third-order valence-corrected chi connectivity index (χ3v) is 2.73. The molecule has 0 radical (unpaired) electrons. The van der Waals surface area contributed by atoms with Crippen LogP contribution in [0.15, 0.2) is 18.3 Å². The minimum atomic E-state index is 0.367. The third kappa shape index (κ3) is 2.83. The summed E-state index contributed by atoms with van der Waals surface area (Å²) in [6.45, 7) is 0. The van der Waals surface area contributed by atoms with Crippen molar-refractivity contribution in [3.63, 3.8) is 0 Å². The average molecular weight is 207 g/mol. The molecule has 3 N–H and O–H groups in total. The Hall–Kier alpha value is -1.29. The predicted molar refractivity (Wildman–Crippen MR) is 59.5 cm³/mol. The zero-order valence-corrected chi connectivity index (χ0v) is 8.78. The van der Waals surface area contributed by atoms with E-state index in [1.807, 2.05) is 12.1 Å². The van der Waals surface area contributed by atoms with E-state index in [1.165, 1.54) is 19.3 Å². The normalized spacial score (nSPS) is 17.4. The SMILES string of the molecule is NNc1cc(OC2CCCCC2)ccn1. The van der Waals surface area contributed by atoms with E-state index in [2.05, 4.69) is 10.4 Å². The third-order valence-electron chi connectivity index (χ3n) is 2.73. The molecule has 0 unspecified atom stereocenters. The van der Waals surface area contributed by atoms with Crippen LogP contribution < -0.4 is 16.0 Å². The molecular weight excluding hydrogens is 190 g/mol. The number of rotatable bonds is 3. The molecule has 0 amide bonds. The number of nitrogens with one attached hydrogen (secondary N) is 1. The van der Waals surface area contributed by atoms with Crippen LogP contribution in [0, 0.1) is 0 Å². The van der Waals surface area contributed by atoms with E-state index in [0.717, 1.165) is 18.6 Å². The summed E-state index contributed by atoms with van der Waals surface area (Å²) in [4.78, 5) is 4.03. The maximum Gasteiger partial charge on any atom is 0.143 e. The van der Waals surface area contributed by atoms with Crippen molar-refractivity contribution in [1.82, 2.24) is 4.98 Å². The minimum Gasteiger partial charge on any atom is -0.490 e. The van der Waals surface area contributed by atoms with E-state index in [0.29, 0.717) is 11.9 Å². The number of ether oxygens (including phenoxy) is 1. The molecule has 4 heteroatoms. The topological polar surface area (TPSA) is 60.2 Å². The summed E-state index contributed by atoms with van der Waals surface area (Å²) in [6.07, 6.45) is 8.28. The van der Waals surface area contributed by atoms with Gasteiger partial charge >= 0.3 is 0 Å². The van der Waals surface area contributed by atoms with Crippen LogP contribution in [-0.4, -0.2) is 11.1 Å². The first-order valence-corrected chi connectivity index (χ1v) is 5.48. The summed E-state index contributed by atoms with van der Waals surface area (Å²) in [7, 11) is 0. The van der Waals surface area contributed by atoms with Gasteiger partial charge in [-0.1, -0.05) is 6.42 Å². The minimum absolute atomic E-state index is 0.367. The quantitative estimate of drug-likeness (QED) is 0.588. The smallest absolute Gasteiger partial charge is 0.143 e. The molecule has 1 saturated carbocycles. The molecule has 1 aromatic rings. The van der Waals surface area contributed by atoms with Crippen LogP contribution in [0.2, 0.25) is 0 Å². The van der Waals surface area contributed by atoms with Gasteiger partial charge in [0.05, 0.1) is 6.10 Å². The number of nitrogens with zero attached hydrogens (tertiary/aromatic N) is 1. The zero-order chi connectivity index (χ0) is 10.5. The van der Waals surface area contributed by atoms with E-state index < -0.39 is 0 Å². The molecule has 82 valence electrons. The van der Waals surface area contributed by atoms with Crippen molar-refractivity contribution in [3.8, 4) is 5.75 Å². The first-order valence-electron chi connectivity index (χ1n) is 5.48. The Bertz CT molecular complexity index is 310. The molecule has 0 saturated heterocycles. The molecule has 1 aliphatic carbocycles. The molecule has 1 heterocycles. The van der Waals surface area contributed by atoms with Crippen LogP contribution in [0.5, 0.6) is 5.75 Å². The second-order valence-corrected chi connectivity index (χ2v) is 3.90. The molecular formula is C11H17N3O. The molecule has 1 aliphatic rings. The van der Waals surface area contributed by atoms with Crippen molar-refractivity contribution in [3.05, 3.63) is 18.3 Å². The highest BCUT2D eigenvalue weighted by Crippen LogP contribution is 2.23. The lowest BCUT2D eigenvalue weighted by Crippen LogP contribution is -2.19. The Morgan fingerprint density at radius 3 is 2.87 bits per heavy atom. The second kappa shape index (κ2) is 4.98. The van der Waals surface area contributed by atoms with Crippen LogP contribution in [0.3, 0.4) is 0 Å². The van der Waals surface area contributed by atoms with E-state index in [4.69, 9.17) is 10.6 Å². The highest BCUT2D eigenvalue weighted by Gasteiger charge is 2.14. The molecule has 0 bridgehead atoms. The Morgan fingerprint density at radius 2 is 2.13 bits per heavy atom. The van der Waals surface area contributed by atoms with Gasteiger partial charge in [0.2, 0.25) is 0 Å². The second-order valence-electron chi connectivity index (χ2n) is 3.90. The standard InChI is InChI=1S/C11H17N3O/c12-14-11-8-10(6-7-13-11)15-9-4-2-1-3-5-9/h6-9H,1-5,12H2,(H,13,14). The molecule has 1 aromatic heterocycles. The fourth-order valence-corrected chi connectivity index (χ4v) is 1.94. The lowest BCUT2D eigenvalue weighted by atomic mass is 9.98. The summed E-state index contributed by atoms with van der Waals surface area (Å²) >= 11 is 0. The maximum atomic E-state index is 5.86. The van der Waals surface area contributed by atoms with E-state index in [9.17, 15) is 0 Å². The molecule has 2 rings (SSSR count). The Balaban J connectivity index is 1.96. The molecule has 0 atom stereocenters. The maximum absolute atomic E-state index is 5.86.